The number of nitrogens with one attached hydrogen (secondary N) is 1. The van der Waals surface area contributed by atoms with Gasteiger partial charge in [-0.05, 0) is 30.0 Å². The van der Waals surface area contributed by atoms with Crippen LogP contribution in [0.3, 0.4) is 0 Å². The third-order valence-corrected chi connectivity index (χ3v) is 4.28. The van der Waals surface area contributed by atoms with E-state index < -0.39 is 0 Å². The number of anilines is 1. The van der Waals surface area contributed by atoms with Crippen molar-refractivity contribution in [2.45, 2.75) is 20.3 Å². The molecule has 1 aromatic heterocycles. The van der Waals surface area contributed by atoms with Crippen LogP contribution in [0.15, 0.2) is 18.2 Å². The molecule has 0 bridgehead atoms. The molecule has 0 radical (unpaired) electrons. The SMILES string of the molecule is COCCC(C)(C)CNc1nc2cc(Cl)ccc2s1. The second kappa shape index (κ2) is 6.07. The number of methoxy groups -OCH3 is 1. The average Bonchev–Trinajstić information content (AvgIpc) is 2.76. The van der Waals surface area contributed by atoms with E-state index in [1.54, 1.807) is 18.4 Å². The van der Waals surface area contributed by atoms with Crippen molar-refractivity contribution < 1.29 is 4.74 Å². The fourth-order valence-electron chi connectivity index (χ4n) is 1.76. The predicted molar refractivity (Wildman–Crippen MR) is 83.4 cm³/mol. The van der Waals surface area contributed by atoms with Crippen LogP contribution in [-0.2, 0) is 4.74 Å². The van der Waals surface area contributed by atoms with Crippen LogP contribution in [0.25, 0.3) is 10.2 Å². The Morgan fingerprint density at radius 3 is 2.95 bits per heavy atom. The summed E-state index contributed by atoms with van der Waals surface area (Å²) >= 11 is 7.62. The van der Waals surface area contributed by atoms with Crippen LogP contribution in [0.1, 0.15) is 20.3 Å². The first-order chi connectivity index (χ1) is 9.00. The van der Waals surface area contributed by atoms with Gasteiger partial charge in [-0.25, -0.2) is 4.98 Å². The van der Waals surface area contributed by atoms with E-state index >= 15 is 0 Å². The molecule has 2 rings (SSSR count). The van der Waals surface area contributed by atoms with Crippen molar-refractivity contribution in [3.8, 4) is 0 Å². The maximum absolute atomic E-state index is 5.97. The van der Waals surface area contributed by atoms with Crippen LogP contribution >= 0.6 is 22.9 Å². The Morgan fingerprint density at radius 2 is 2.21 bits per heavy atom. The summed E-state index contributed by atoms with van der Waals surface area (Å²) in [7, 11) is 1.74. The number of rotatable bonds is 6. The number of benzene rings is 1. The first kappa shape index (κ1) is 14.6. The van der Waals surface area contributed by atoms with E-state index in [2.05, 4.69) is 24.1 Å². The summed E-state index contributed by atoms with van der Waals surface area (Å²) in [4.78, 5) is 4.55. The van der Waals surface area contributed by atoms with Crippen molar-refractivity contribution in [1.82, 2.24) is 4.98 Å². The highest BCUT2D eigenvalue weighted by Gasteiger charge is 2.18. The third kappa shape index (κ3) is 4.06. The molecule has 104 valence electrons. The van der Waals surface area contributed by atoms with E-state index in [0.717, 1.165) is 39.9 Å². The van der Waals surface area contributed by atoms with Gasteiger partial charge in [-0.15, -0.1) is 0 Å². The van der Waals surface area contributed by atoms with E-state index in [0.29, 0.717) is 0 Å². The molecule has 0 aliphatic rings. The zero-order valence-corrected chi connectivity index (χ0v) is 13.1. The Balaban J connectivity index is 2.01. The van der Waals surface area contributed by atoms with Crippen molar-refractivity contribution in [3.05, 3.63) is 23.2 Å². The number of fused-ring (bicyclic) bond motifs is 1. The summed E-state index contributed by atoms with van der Waals surface area (Å²) in [6, 6.07) is 5.81. The molecule has 1 aromatic carbocycles. The molecule has 19 heavy (non-hydrogen) atoms. The molecule has 5 heteroatoms. The number of hydrogen-bond donors (Lipinski definition) is 1. The van der Waals surface area contributed by atoms with Crippen LogP contribution in [0, 0.1) is 5.41 Å². The highest BCUT2D eigenvalue weighted by atomic mass is 35.5. The zero-order chi connectivity index (χ0) is 13.9. The maximum atomic E-state index is 5.97. The molecular weight excluding hydrogens is 280 g/mol. The molecule has 0 saturated carbocycles. The van der Waals surface area contributed by atoms with Gasteiger partial charge in [0, 0.05) is 25.3 Å². The Bertz CT molecular complexity index is 553. The molecule has 1 N–H and O–H groups in total. The van der Waals surface area contributed by atoms with Crippen molar-refractivity contribution in [2.24, 2.45) is 5.41 Å². The lowest BCUT2D eigenvalue weighted by molar-refractivity contribution is 0.157. The van der Waals surface area contributed by atoms with E-state index in [4.69, 9.17) is 16.3 Å². The molecule has 0 fully saturated rings. The van der Waals surface area contributed by atoms with Crippen LogP contribution in [0.4, 0.5) is 5.13 Å². The van der Waals surface area contributed by atoms with Gasteiger partial charge in [0.2, 0.25) is 0 Å². The second-order valence-corrected chi connectivity index (χ2v) is 6.86. The first-order valence-corrected chi connectivity index (χ1v) is 7.48. The van der Waals surface area contributed by atoms with Crippen molar-refractivity contribution in [3.63, 3.8) is 0 Å². The van der Waals surface area contributed by atoms with Gasteiger partial charge in [0.1, 0.15) is 0 Å². The summed E-state index contributed by atoms with van der Waals surface area (Å²) in [6.07, 6.45) is 1.02. The van der Waals surface area contributed by atoms with Crippen molar-refractivity contribution in [1.29, 1.82) is 0 Å². The van der Waals surface area contributed by atoms with E-state index in [1.807, 2.05) is 18.2 Å². The summed E-state index contributed by atoms with van der Waals surface area (Å²) in [5, 5.41) is 5.09. The Labute approximate surface area is 122 Å². The normalized spacial score (nSPS) is 12.0. The van der Waals surface area contributed by atoms with Crippen molar-refractivity contribution in [2.75, 3.05) is 25.6 Å². The lowest BCUT2D eigenvalue weighted by Gasteiger charge is -2.24. The summed E-state index contributed by atoms with van der Waals surface area (Å²) in [5.41, 5.74) is 1.14. The Kier molecular flexibility index (Phi) is 4.66. The smallest absolute Gasteiger partial charge is 0.183 e. The van der Waals surface area contributed by atoms with Gasteiger partial charge in [-0.3, -0.25) is 0 Å². The van der Waals surface area contributed by atoms with Gasteiger partial charge in [-0.1, -0.05) is 36.8 Å². The van der Waals surface area contributed by atoms with E-state index in [-0.39, 0.29) is 5.41 Å². The number of ether oxygens (including phenoxy) is 1. The fourth-order valence-corrected chi connectivity index (χ4v) is 2.77. The fraction of sp³-hybridized carbons (Fsp3) is 0.500. The van der Waals surface area contributed by atoms with E-state index in [1.165, 1.54) is 0 Å². The molecule has 0 aliphatic carbocycles. The molecule has 1 heterocycles. The zero-order valence-electron chi connectivity index (χ0n) is 11.5. The molecule has 0 spiro atoms. The highest BCUT2D eigenvalue weighted by Crippen LogP contribution is 2.29. The van der Waals surface area contributed by atoms with Gasteiger partial charge in [0.05, 0.1) is 10.2 Å². The molecule has 0 amide bonds. The Morgan fingerprint density at radius 1 is 1.42 bits per heavy atom. The molecule has 0 aliphatic heterocycles. The first-order valence-electron chi connectivity index (χ1n) is 6.29. The monoisotopic (exact) mass is 298 g/mol. The highest BCUT2D eigenvalue weighted by molar-refractivity contribution is 7.22. The van der Waals surface area contributed by atoms with Crippen LogP contribution < -0.4 is 5.32 Å². The minimum atomic E-state index is 0.186. The summed E-state index contributed by atoms with van der Waals surface area (Å²) in [5.74, 6) is 0. The number of halogens is 1. The van der Waals surface area contributed by atoms with Gasteiger partial charge < -0.3 is 10.1 Å². The maximum Gasteiger partial charge on any atom is 0.183 e. The minimum absolute atomic E-state index is 0.186. The standard InChI is InChI=1S/C14H19ClN2OS/c1-14(2,6-7-18-3)9-16-13-17-11-8-10(15)4-5-12(11)19-13/h4-5,8H,6-7,9H2,1-3H3,(H,16,17). The largest absolute Gasteiger partial charge is 0.385 e. The Hall–Kier alpha value is -0.840. The second-order valence-electron chi connectivity index (χ2n) is 5.39. The number of aromatic nitrogens is 1. The molecular formula is C14H19ClN2OS. The predicted octanol–water partition coefficient (Wildman–Crippen LogP) is 4.42. The van der Waals surface area contributed by atoms with Crippen LogP contribution in [0.2, 0.25) is 5.02 Å². The van der Waals surface area contributed by atoms with Gasteiger partial charge in [-0.2, -0.15) is 0 Å². The lowest BCUT2D eigenvalue weighted by atomic mass is 9.90. The van der Waals surface area contributed by atoms with Gasteiger partial charge in [0.15, 0.2) is 5.13 Å². The van der Waals surface area contributed by atoms with Crippen molar-refractivity contribution >= 4 is 38.3 Å². The van der Waals surface area contributed by atoms with Crippen LogP contribution in [-0.4, -0.2) is 25.2 Å². The van der Waals surface area contributed by atoms with Gasteiger partial charge in [0.25, 0.3) is 0 Å². The topological polar surface area (TPSA) is 34.1 Å². The quantitative estimate of drug-likeness (QED) is 0.857. The molecule has 0 saturated heterocycles. The molecule has 0 atom stereocenters. The molecule has 2 aromatic rings. The van der Waals surface area contributed by atoms with E-state index in [9.17, 15) is 0 Å². The molecule has 0 unspecified atom stereocenters. The number of hydrogen-bond acceptors (Lipinski definition) is 4. The lowest BCUT2D eigenvalue weighted by Crippen LogP contribution is -2.24. The number of nitrogens with zero attached hydrogens (tertiary/aromatic N) is 1. The minimum Gasteiger partial charge on any atom is -0.385 e. The summed E-state index contributed by atoms with van der Waals surface area (Å²) in [6.45, 7) is 6.11. The third-order valence-electron chi connectivity index (χ3n) is 3.05. The summed E-state index contributed by atoms with van der Waals surface area (Å²) < 4.78 is 6.29. The molecule has 3 nitrogen and oxygen atoms in total. The van der Waals surface area contributed by atoms with Crippen LogP contribution in [0.5, 0.6) is 0 Å². The number of thiazole rings is 1. The van der Waals surface area contributed by atoms with Gasteiger partial charge >= 0.3 is 0 Å². The average molecular weight is 299 g/mol.